The SMILES string of the molecule is Ic1cccc(-n2cncc2[C@@H]2CCCN2)c1. The molecule has 1 fully saturated rings. The smallest absolute Gasteiger partial charge is 0.0994 e. The Balaban J connectivity index is 2.00. The highest BCUT2D eigenvalue weighted by molar-refractivity contribution is 14.1. The molecule has 0 amide bonds. The molecule has 0 saturated carbocycles. The molecule has 1 aromatic heterocycles. The van der Waals surface area contributed by atoms with Crippen molar-refractivity contribution in [2.24, 2.45) is 0 Å². The van der Waals surface area contributed by atoms with Gasteiger partial charge in [-0.3, -0.25) is 0 Å². The third kappa shape index (κ3) is 2.24. The molecule has 1 N–H and O–H groups in total. The second-order valence-electron chi connectivity index (χ2n) is 4.32. The van der Waals surface area contributed by atoms with Crippen molar-refractivity contribution in [3.63, 3.8) is 0 Å². The molecule has 1 aliphatic heterocycles. The molecule has 0 bridgehead atoms. The molecule has 0 unspecified atom stereocenters. The monoisotopic (exact) mass is 339 g/mol. The molecule has 0 spiro atoms. The van der Waals surface area contributed by atoms with E-state index in [1.165, 1.54) is 27.8 Å². The second-order valence-corrected chi connectivity index (χ2v) is 5.56. The zero-order valence-corrected chi connectivity index (χ0v) is 11.6. The highest BCUT2D eigenvalue weighted by Gasteiger charge is 2.20. The van der Waals surface area contributed by atoms with Gasteiger partial charge in [0.2, 0.25) is 0 Å². The van der Waals surface area contributed by atoms with E-state index in [1.54, 1.807) is 0 Å². The molecule has 4 heteroatoms. The van der Waals surface area contributed by atoms with Gasteiger partial charge in [-0.1, -0.05) is 6.07 Å². The molecule has 2 aromatic rings. The summed E-state index contributed by atoms with van der Waals surface area (Å²) in [5, 5.41) is 3.52. The molecule has 1 aromatic carbocycles. The number of nitrogens with zero attached hydrogens (tertiary/aromatic N) is 2. The Labute approximate surface area is 114 Å². The van der Waals surface area contributed by atoms with Crippen molar-refractivity contribution in [3.05, 3.63) is 46.1 Å². The van der Waals surface area contributed by atoms with Crippen LogP contribution < -0.4 is 5.32 Å². The second kappa shape index (κ2) is 4.78. The third-order valence-electron chi connectivity index (χ3n) is 3.17. The van der Waals surface area contributed by atoms with Gasteiger partial charge in [0.05, 0.1) is 18.2 Å². The predicted octanol–water partition coefficient (Wildman–Crippen LogP) is 2.90. The van der Waals surface area contributed by atoms with Crippen molar-refractivity contribution in [2.75, 3.05) is 6.54 Å². The van der Waals surface area contributed by atoms with E-state index in [9.17, 15) is 0 Å². The average molecular weight is 339 g/mol. The summed E-state index contributed by atoms with van der Waals surface area (Å²) < 4.78 is 3.43. The van der Waals surface area contributed by atoms with Gasteiger partial charge in [-0.25, -0.2) is 4.98 Å². The summed E-state index contributed by atoms with van der Waals surface area (Å²) in [6, 6.07) is 8.95. The first-order valence-electron chi connectivity index (χ1n) is 5.86. The predicted molar refractivity (Wildman–Crippen MR) is 76.3 cm³/mol. The normalized spacial score (nSPS) is 19.7. The molecular weight excluding hydrogens is 325 g/mol. The first kappa shape index (κ1) is 11.2. The van der Waals surface area contributed by atoms with E-state index in [-0.39, 0.29) is 0 Å². The highest BCUT2D eigenvalue weighted by atomic mass is 127. The molecule has 88 valence electrons. The van der Waals surface area contributed by atoms with Gasteiger partial charge >= 0.3 is 0 Å². The van der Waals surface area contributed by atoms with Crippen LogP contribution in [0.3, 0.4) is 0 Å². The standard InChI is InChI=1S/C13H14IN3/c14-10-3-1-4-11(7-10)17-9-15-8-13(17)12-5-2-6-16-12/h1,3-4,7-9,12,16H,2,5-6H2/t12-/m0/s1. The number of rotatable bonds is 2. The van der Waals surface area contributed by atoms with Crippen molar-refractivity contribution < 1.29 is 0 Å². The number of hydrogen-bond acceptors (Lipinski definition) is 2. The topological polar surface area (TPSA) is 29.9 Å². The molecule has 0 radical (unpaired) electrons. The van der Waals surface area contributed by atoms with Crippen LogP contribution in [0.25, 0.3) is 5.69 Å². The largest absolute Gasteiger partial charge is 0.309 e. The molecular formula is C13H14IN3. The minimum absolute atomic E-state index is 0.454. The van der Waals surface area contributed by atoms with E-state index in [0.717, 1.165) is 6.54 Å². The van der Waals surface area contributed by atoms with Crippen molar-refractivity contribution in [3.8, 4) is 5.69 Å². The fourth-order valence-corrected chi connectivity index (χ4v) is 2.87. The highest BCUT2D eigenvalue weighted by Crippen LogP contribution is 2.25. The van der Waals surface area contributed by atoms with Crippen LogP contribution >= 0.6 is 22.6 Å². The van der Waals surface area contributed by atoms with Crippen LogP contribution in [0, 0.1) is 3.57 Å². The lowest BCUT2D eigenvalue weighted by atomic mass is 10.1. The van der Waals surface area contributed by atoms with Crippen molar-refractivity contribution in [2.45, 2.75) is 18.9 Å². The van der Waals surface area contributed by atoms with Gasteiger partial charge in [0.15, 0.2) is 0 Å². The van der Waals surface area contributed by atoms with Crippen molar-refractivity contribution >= 4 is 22.6 Å². The van der Waals surface area contributed by atoms with E-state index in [1.807, 2.05) is 12.5 Å². The van der Waals surface area contributed by atoms with Gasteiger partial charge in [-0.2, -0.15) is 0 Å². The number of halogens is 1. The zero-order chi connectivity index (χ0) is 11.7. The summed E-state index contributed by atoms with van der Waals surface area (Å²) in [6.45, 7) is 1.11. The Morgan fingerprint density at radius 3 is 3.12 bits per heavy atom. The van der Waals surface area contributed by atoms with E-state index in [4.69, 9.17) is 0 Å². The Morgan fingerprint density at radius 2 is 2.35 bits per heavy atom. The van der Waals surface area contributed by atoms with Gasteiger partial charge in [0.1, 0.15) is 0 Å². The fourth-order valence-electron chi connectivity index (χ4n) is 2.34. The fraction of sp³-hybridized carbons (Fsp3) is 0.308. The lowest BCUT2D eigenvalue weighted by molar-refractivity contribution is 0.615. The lowest BCUT2D eigenvalue weighted by Gasteiger charge is -2.14. The number of imidazole rings is 1. The summed E-state index contributed by atoms with van der Waals surface area (Å²) in [5.74, 6) is 0. The maximum absolute atomic E-state index is 4.29. The molecule has 17 heavy (non-hydrogen) atoms. The number of nitrogens with one attached hydrogen (secondary N) is 1. The Bertz CT molecular complexity index is 515. The van der Waals surface area contributed by atoms with Crippen LogP contribution in [-0.2, 0) is 0 Å². The maximum atomic E-state index is 4.29. The molecule has 0 aliphatic carbocycles. The molecule has 1 saturated heterocycles. The Morgan fingerprint density at radius 1 is 1.41 bits per heavy atom. The number of hydrogen-bond donors (Lipinski definition) is 1. The number of benzene rings is 1. The van der Waals surface area contributed by atoms with Crippen LogP contribution in [-0.4, -0.2) is 16.1 Å². The van der Waals surface area contributed by atoms with E-state index in [2.05, 4.69) is 61.7 Å². The van der Waals surface area contributed by atoms with Crippen molar-refractivity contribution in [1.29, 1.82) is 0 Å². The summed E-state index contributed by atoms with van der Waals surface area (Å²) in [6.07, 6.45) is 6.33. The van der Waals surface area contributed by atoms with Crippen LogP contribution in [0.2, 0.25) is 0 Å². The summed E-state index contributed by atoms with van der Waals surface area (Å²) in [5.41, 5.74) is 2.46. The minimum atomic E-state index is 0.454. The van der Waals surface area contributed by atoms with Crippen LogP contribution in [0.5, 0.6) is 0 Å². The van der Waals surface area contributed by atoms with E-state index < -0.39 is 0 Å². The van der Waals surface area contributed by atoms with Gasteiger partial charge < -0.3 is 9.88 Å². The van der Waals surface area contributed by atoms with Gasteiger partial charge in [0, 0.05) is 15.3 Å². The zero-order valence-electron chi connectivity index (χ0n) is 9.44. The van der Waals surface area contributed by atoms with Gasteiger partial charge in [-0.15, -0.1) is 0 Å². The summed E-state index contributed by atoms with van der Waals surface area (Å²) >= 11 is 2.34. The minimum Gasteiger partial charge on any atom is -0.309 e. The molecule has 1 atom stereocenters. The average Bonchev–Trinajstić information content (AvgIpc) is 3.00. The molecule has 1 aliphatic rings. The Hall–Kier alpha value is -0.880. The van der Waals surface area contributed by atoms with E-state index >= 15 is 0 Å². The van der Waals surface area contributed by atoms with Crippen molar-refractivity contribution in [1.82, 2.24) is 14.9 Å². The molecule has 3 rings (SSSR count). The first-order valence-corrected chi connectivity index (χ1v) is 6.94. The first-order chi connectivity index (χ1) is 8.34. The Kier molecular flexibility index (Phi) is 3.15. The lowest BCUT2D eigenvalue weighted by Crippen LogP contribution is -2.16. The summed E-state index contributed by atoms with van der Waals surface area (Å²) in [4.78, 5) is 4.29. The van der Waals surface area contributed by atoms with E-state index in [0.29, 0.717) is 6.04 Å². The third-order valence-corrected chi connectivity index (χ3v) is 3.84. The van der Waals surface area contributed by atoms with Crippen LogP contribution in [0.4, 0.5) is 0 Å². The van der Waals surface area contributed by atoms with Gasteiger partial charge in [-0.05, 0) is 60.2 Å². The molecule has 3 nitrogen and oxygen atoms in total. The number of aromatic nitrogens is 2. The summed E-state index contributed by atoms with van der Waals surface area (Å²) in [7, 11) is 0. The molecule has 2 heterocycles. The quantitative estimate of drug-likeness (QED) is 0.853. The van der Waals surface area contributed by atoms with Gasteiger partial charge in [0.25, 0.3) is 0 Å². The van der Waals surface area contributed by atoms with Crippen LogP contribution in [0.15, 0.2) is 36.8 Å². The maximum Gasteiger partial charge on any atom is 0.0994 e. The van der Waals surface area contributed by atoms with Crippen LogP contribution in [0.1, 0.15) is 24.6 Å².